The average molecular weight is 392 g/mol. The lowest BCUT2D eigenvalue weighted by Gasteiger charge is -2.23. The topological polar surface area (TPSA) is 92.3 Å². The van der Waals surface area contributed by atoms with Gasteiger partial charge in [-0.25, -0.2) is 22.8 Å². The lowest BCUT2D eigenvalue weighted by Crippen LogP contribution is -2.34. The summed E-state index contributed by atoms with van der Waals surface area (Å²) in [5.74, 6) is -0.174. The van der Waals surface area contributed by atoms with Gasteiger partial charge < -0.3 is 10.2 Å². The maximum Gasteiger partial charge on any atom is 0.270 e. The minimum absolute atomic E-state index is 0.0624. The van der Waals surface area contributed by atoms with Crippen molar-refractivity contribution < 1.29 is 17.6 Å². The number of hydrogen-bond acceptors (Lipinski definition) is 6. The second kappa shape index (κ2) is 7.59. The van der Waals surface area contributed by atoms with Crippen LogP contribution in [0.5, 0.6) is 0 Å². The largest absolute Gasteiger partial charge is 0.347 e. The molecule has 0 saturated carbocycles. The molecule has 3 rings (SSSR count). The van der Waals surface area contributed by atoms with E-state index in [0.717, 1.165) is 5.56 Å². The van der Waals surface area contributed by atoms with Crippen LogP contribution in [0.4, 0.5) is 10.3 Å². The van der Waals surface area contributed by atoms with Crippen LogP contribution in [-0.4, -0.2) is 48.9 Å². The van der Waals surface area contributed by atoms with Gasteiger partial charge in [0.05, 0.1) is 11.5 Å². The van der Waals surface area contributed by atoms with E-state index in [1.807, 2.05) is 0 Å². The Morgan fingerprint density at radius 3 is 2.63 bits per heavy atom. The monoisotopic (exact) mass is 392 g/mol. The van der Waals surface area contributed by atoms with E-state index in [1.54, 1.807) is 37.1 Å². The van der Waals surface area contributed by atoms with Crippen molar-refractivity contribution in [2.24, 2.45) is 0 Å². The number of halogens is 1. The summed E-state index contributed by atoms with van der Waals surface area (Å²) in [6, 6.07) is 7.23. The highest BCUT2D eigenvalue weighted by atomic mass is 32.2. The fraction of sp³-hybridized carbons (Fsp3) is 0.389. The first kappa shape index (κ1) is 19.2. The zero-order valence-corrected chi connectivity index (χ0v) is 16.0. The van der Waals surface area contributed by atoms with Crippen LogP contribution in [0, 0.1) is 12.7 Å². The minimum atomic E-state index is -3.03. The highest BCUT2D eigenvalue weighted by Crippen LogP contribution is 2.20. The molecule has 1 N–H and O–H groups in total. The van der Waals surface area contributed by atoms with Gasteiger partial charge in [0.25, 0.3) is 5.91 Å². The van der Waals surface area contributed by atoms with E-state index in [4.69, 9.17) is 0 Å². The van der Waals surface area contributed by atoms with Crippen LogP contribution in [0.2, 0.25) is 0 Å². The Morgan fingerprint density at radius 2 is 2.00 bits per heavy atom. The van der Waals surface area contributed by atoms with Crippen molar-refractivity contribution in [3.63, 3.8) is 0 Å². The molecule has 27 heavy (non-hydrogen) atoms. The highest BCUT2D eigenvalue weighted by molar-refractivity contribution is 7.91. The van der Waals surface area contributed by atoms with Crippen molar-refractivity contribution in [2.75, 3.05) is 23.5 Å². The number of aryl methyl sites for hydroxylation is 1. The summed E-state index contributed by atoms with van der Waals surface area (Å²) < 4.78 is 36.4. The van der Waals surface area contributed by atoms with E-state index >= 15 is 0 Å². The van der Waals surface area contributed by atoms with E-state index in [9.17, 15) is 17.6 Å². The van der Waals surface area contributed by atoms with E-state index < -0.39 is 9.84 Å². The first-order chi connectivity index (χ1) is 12.7. The highest BCUT2D eigenvalue weighted by Gasteiger charge is 2.32. The summed E-state index contributed by atoms with van der Waals surface area (Å²) in [6.07, 6.45) is 0.516. The van der Waals surface area contributed by atoms with Gasteiger partial charge in [0.1, 0.15) is 11.5 Å². The number of anilines is 1. The first-order valence-electron chi connectivity index (χ1n) is 8.55. The van der Waals surface area contributed by atoms with Gasteiger partial charge in [-0.2, -0.15) is 0 Å². The van der Waals surface area contributed by atoms with E-state index in [-0.39, 0.29) is 41.5 Å². The number of carbonyl (C=O) groups is 1. The lowest BCUT2D eigenvalue weighted by molar-refractivity contribution is 0.0945. The number of amides is 1. The van der Waals surface area contributed by atoms with Crippen LogP contribution in [0.15, 0.2) is 30.3 Å². The molecule has 0 radical (unpaired) electrons. The number of carbonyl (C=O) groups excluding carboxylic acids is 1. The van der Waals surface area contributed by atoms with Crippen molar-refractivity contribution in [3.05, 3.63) is 53.1 Å². The molecule has 1 atom stereocenters. The van der Waals surface area contributed by atoms with Crippen LogP contribution in [0.3, 0.4) is 0 Å². The number of sulfone groups is 1. The SMILES string of the molecule is Cc1cc(C(=O)NCc2ccc(F)cc2)nc(N(C)C2CCS(=O)(=O)C2)n1. The molecule has 7 nitrogen and oxygen atoms in total. The Kier molecular flexibility index (Phi) is 5.41. The Morgan fingerprint density at radius 1 is 1.30 bits per heavy atom. The third kappa shape index (κ3) is 4.79. The number of nitrogens with zero attached hydrogens (tertiary/aromatic N) is 3. The average Bonchev–Trinajstić information content (AvgIpc) is 2.99. The molecule has 1 fully saturated rings. The van der Waals surface area contributed by atoms with E-state index in [0.29, 0.717) is 18.1 Å². The van der Waals surface area contributed by atoms with Gasteiger partial charge in [0.2, 0.25) is 5.95 Å². The van der Waals surface area contributed by atoms with Crippen molar-refractivity contribution in [3.8, 4) is 0 Å². The predicted molar refractivity (Wildman–Crippen MR) is 99.8 cm³/mol. The van der Waals surface area contributed by atoms with Crippen molar-refractivity contribution in [2.45, 2.75) is 25.9 Å². The molecule has 2 heterocycles. The van der Waals surface area contributed by atoms with Gasteiger partial charge in [-0.1, -0.05) is 12.1 Å². The molecule has 9 heteroatoms. The lowest BCUT2D eigenvalue weighted by atomic mass is 10.2. The first-order valence-corrected chi connectivity index (χ1v) is 10.4. The molecule has 1 amide bonds. The Hall–Kier alpha value is -2.55. The zero-order chi connectivity index (χ0) is 19.6. The van der Waals surface area contributed by atoms with E-state index in [1.165, 1.54) is 12.1 Å². The van der Waals surface area contributed by atoms with Crippen LogP contribution < -0.4 is 10.2 Å². The molecule has 1 aliphatic heterocycles. The number of rotatable bonds is 5. The maximum atomic E-state index is 12.9. The predicted octanol–water partition coefficient (Wildman–Crippen LogP) is 1.48. The molecule has 0 bridgehead atoms. The zero-order valence-electron chi connectivity index (χ0n) is 15.1. The molecule has 144 valence electrons. The second-order valence-electron chi connectivity index (χ2n) is 6.67. The third-order valence-electron chi connectivity index (χ3n) is 4.51. The molecule has 2 aromatic rings. The summed E-state index contributed by atoms with van der Waals surface area (Å²) in [7, 11) is -1.29. The molecule has 0 aliphatic carbocycles. The van der Waals surface area contributed by atoms with E-state index in [2.05, 4.69) is 15.3 Å². The van der Waals surface area contributed by atoms with Crippen LogP contribution in [0.1, 0.15) is 28.2 Å². The molecule has 1 aromatic heterocycles. The normalized spacial score (nSPS) is 18.3. The number of nitrogens with one attached hydrogen (secondary N) is 1. The van der Waals surface area contributed by atoms with Crippen LogP contribution >= 0.6 is 0 Å². The Labute approximate surface area is 157 Å². The van der Waals surface area contributed by atoms with Crippen LogP contribution in [0.25, 0.3) is 0 Å². The summed E-state index contributed by atoms with van der Waals surface area (Å²) >= 11 is 0. The van der Waals surface area contributed by atoms with Crippen LogP contribution in [-0.2, 0) is 16.4 Å². The molecule has 1 aromatic carbocycles. The molecular weight excluding hydrogens is 371 g/mol. The van der Waals surface area contributed by atoms with Crippen molar-refractivity contribution >= 4 is 21.7 Å². The molecular formula is C18H21FN4O3S. The molecule has 1 saturated heterocycles. The summed E-state index contributed by atoms with van der Waals surface area (Å²) in [4.78, 5) is 22.8. The third-order valence-corrected chi connectivity index (χ3v) is 6.26. The van der Waals surface area contributed by atoms with Gasteiger partial charge >= 0.3 is 0 Å². The number of benzene rings is 1. The summed E-state index contributed by atoms with van der Waals surface area (Å²) in [6.45, 7) is 2.00. The molecule has 0 spiro atoms. The second-order valence-corrected chi connectivity index (χ2v) is 8.90. The molecule has 1 unspecified atom stereocenters. The maximum absolute atomic E-state index is 12.9. The standard InChI is InChI=1S/C18H21FN4O3S/c1-12-9-16(17(24)20-10-13-3-5-14(19)6-4-13)22-18(21-12)23(2)15-7-8-27(25,26)11-15/h3-6,9,15H,7-8,10-11H2,1-2H3,(H,20,24). The van der Waals surface area contributed by atoms with Gasteiger partial charge in [0, 0.05) is 25.3 Å². The fourth-order valence-corrected chi connectivity index (χ4v) is 4.72. The number of aromatic nitrogens is 2. The minimum Gasteiger partial charge on any atom is -0.347 e. The summed E-state index contributed by atoms with van der Waals surface area (Å²) in [5, 5.41) is 2.74. The summed E-state index contributed by atoms with van der Waals surface area (Å²) in [5.41, 5.74) is 1.58. The Balaban J connectivity index is 1.72. The number of hydrogen-bond donors (Lipinski definition) is 1. The Bertz CT molecular complexity index is 948. The van der Waals surface area contributed by atoms with Crippen molar-refractivity contribution in [1.82, 2.24) is 15.3 Å². The van der Waals surface area contributed by atoms with Gasteiger partial charge in [0.15, 0.2) is 9.84 Å². The van der Waals surface area contributed by atoms with Gasteiger partial charge in [-0.15, -0.1) is 0 Å². The smallest absolute Gasteiger partial charge is 0.270 e. The van der Waals surface area contributed by atoms with Gasteiger partial charge in [-0.05, 0) is 37.1 Å². The molecule has 1 aliphatic rings. The van der Waals surface area contributed by atoms with Gasteiger partial charge in [-0.3, -0.25) is 4.79 Å². The quantitative estimate of drug-likeness (QED) is 0.829. The fourth-order valence-electron chi connectivity index (χ4n) is 2.95. The van der Waals surface area contributed by atoms with Crippen molar-refractivity contribution in [1.29, 1.82) is 0 Å².